The lowest BCUT2D eigenvalue weighted by molar-refractivity contribution is 0.439. The van der Waals surface area contributed by atoms with Crippen molar-refractivity contribution in [3.8, 4) is 0 Å². The Hall–Kier alpha value is -3.47. The highest BCUT2D eigenvalue weighted by Gasteiger charge is 2.17. The first-order valence-corrected chi connectivity index (χ1v) is 28.5. The second kappa shape index (κ2) is 39.8. The van der Waals surface area contributed by atoms with Crippen LogP contribution in [0.5, 0.6) is 0 Å². The Bertz CT molecular complexity index is 2850. The van der Waals surface area contributed by atoms with Crippen LogP contribution in [0.3, 0.4) is 0 Å². The summed E-state index contributed by atoms with van der Waals surface area (Å²) in [6, 6.07) is 0. The Balaban J connectivity index is 0.000000586. The first-order valence-electron chi connectivity index (χ1n) is 21.8. The highest BCUT2D eigenvalue weighted by atomic mass is 35.5. The summed E-state index contributed by atoms with van der Waals surface area (Å²) in [6.45, 7) is 2.15. The average Bonchev–Trinajstić information content (AvgIpc) is 3.44. The van der Waals surface area contributed by atoms with Crippen molar-refractivity contribution in [1.29, 1.82) is 0 Å². The molecule has 16 N–H and O–H groups in total. The lowest BCUT2D eigenvalue weighted by atomic mass is 10.5. The van der Waals surface area contributed by atoms with E-state index in [-0.39, 0.29) is 40.7 Å². The molecule has 0 radical (unpaired) electrons. The molecular weight excluding hydrogens is 1300 g/mol. The van der Waals surface area contributed by atoms with Gasteiger partial charge in [0.15, 0.2) is 37.0 Å². The fourth-order valence-corrected chi connectivity index (χ4v) is 7.71. The first-order chi connectivity index (χ1) is 38.5. The molecule has 0 unspecified atom stereocenters. The van der Waals surface area contributed by atoms with Crippen molar-refractivity contribution in [3.63, 3.8) is 0 Å². The van der Waals surface area contributed by atoms with Gasteiger partial charge in [0.05, 0.1) is 0 Å². The summed E-state index contributed by atoms with van der Waals surface area (Å²) in [4.78, 5) is 40.1. The van der Waals surface area contributed by atoms with Crippen molar-refractivity contribution in [2.75, 3.05) is 101 Å². The number of nitrogens with zero attached hydrogens (tertiary/aromatic N) is 12. The Morgan fingerprint density at radius 3 is 1.14 bits per heavy atom. The van der Waals surface area contributed by atoms with E-state index in [0.29, 0.717) is 57.2 Å². The molecule has 42 heteroatoms. The van der Waals surface area contributed by atoms with E-state index in [1.165, 1.54) is 35.3 Å². The zero-order valence-corrected chi connectivity index (χ0v) is 48.6. The molecule has 432 valence electrons. The highest BCUT2D eigenvalue weighted by Crippen LogP contribution is 2.33. The van der Waals surface area contributed by atoms with Crippen molar-refractivity contribution < 1.29 is 43.7 Å². The largest absolute Gasteiger partial charge is 0.382 e. The van der Waals surface area contributed by atoms with Gasteiger partial charge in [0.2, 0.25) is 29.7 Å². The van der Waals surface area contributed by atoms with Crippen molar-refractivity contribution in [3.05, 3.63) is 84.2 Å². The zero-order valence-electron chi connectivity index (χ0n) is 42.1. The van der Waals surface area contributed by atoms with Crippen LogP contribution in [-0.2, 0) is 0 Å². The van der Waals surface area contributed by atoms with Crippen molar-refractivity contribution in [2.24, 2.45) is 22.9 Å². The fourth-order valence-electron chi connectivity index (χ4n) is 3.86. The molecule has 0 spiro atoms. The summed E-state index contributed by atoms with van der Waals surface area (Å²) >= 11 is 44.4. The van der Waals surface area contributed by atoms with Gasteiger partial charge in [0.1, 0.15) is 46.8 Å². The molecule has 78 heavy (non-hydrogen) atoms. The van der Waals surface area contributed by atoms with E-state index < -0.39 is 80.0 Å². The summed E-state index contributed by atoms with van der Waals surface area (Å²) in [5.74, 6) is -3.16. The Labute approximate surface area is 499 Å². The van der Waals surface area contributed by atoms with Gasteiger partial charge in [-0.25, -0.2) is 19.9 Å². The summed E-state index contributed by atoms with van der Waals surface area (Å²) in [6.07, 6.45) is -3.29. The Kier molecular flexibility index (Phi) is 34.2. The number of nitrogens with two attached hydrogens (primary N) is 7. The third-order valence-electron chi connectivity index (χ3n) is 6.95. The second-order valence-electron chi connectivity index (χ2n) is 12.5. The normalized spacial score (nSPS) is 10.7. The van der Waals surface area contributed by atoms with Gasteiger partial charge < -0.3 is 50.7 Å². The van der Waals surface area contributed by atoms with E-state index in [9.17, 15) is 39.5 Å². The smallest absolute Gasteiger partial charge is 0.314 e. The van der Waals surface area contributed by atoms with Gasteiger partial charge in [-0.15, -0.1) is 23.5 Å². The van der Waals surface area contributed by atoms with Crippen LogP contribution in [0.2, 0.25) is 34.4 Å². The number of rotatable bonds is 21. The van der Waals surface area contributed by atoms with Crippen molar-refractivity contribution in [1.82, 2.24) is 59.8 Å². The molecule has 6 rings (SSSR count). The monoisotopic (exact) mass is 1340 g/mol. The van der Waals surface area contributed by atoms with Gasteiger partial charge in [0, 0.05) is 67.4 Å². The molecular formula is C36H42Cl6F9N21S6. The van der Waals surface area contributed by atoms with Crippen LogP contribution in [0.4, 0.5) is 68.6 Å². The second-order valence-corrected chi connectivity index (χ2v) is 20.4. The van der Waals surface area contributed by atoms with Crippen LogP contribution in [0.25, 0.3) is 0 Å². The number of halogens is 15. The number of hydrogen-bond donors (Lipinski definition) is 10. The van der Waals surface area contributed by atoms with Crippen LogP contribution in [0.1, 0.15) is 0 Å². The highest BCUT2D eigenvalue weighted by molar-refractivity contribution is 8.00. The van der Waals surface area contributed by atoms with E-state index in [1.54, 1.807) is 17.5 Å². The first kappa shape index (κ1) is 67.0. The lowest BCUT2D eigenvalue weighted by Gasteiger charge is -2.10. The van der Waals surface area contributed by atoms with Crippen LogP contribution in [0, 0.1) is 54.1 Å². The SMILES string of the molecule is CSCN.Fc1nc(F)c(Cl)c(F)n1.NCCS.[2H]Nc1nc(F)nc(F)c1Cl.[2H]Nc1nc(SCCN)nc(SCCN)c1Cl.[2H]Nc1nc(SCCNc2nc(F)nc(F)c2Cl)nc(SCCNc2nc(F)nc(F)c2Cl)c1Cl. The molecule has 0 saturated heterocycles. The number of nitrogens with one attached hydrogen (secondary N) is 2. The molecule has 6 heterocycles. The van der Waals surface area contributed by atoms with Gasteiger partial charge in [-0.1, -0.05) is 93.1 Å². The third-order valence-corrected chi connectivity index (χ3v) is 13.5. The standard InChI is InChI=1S/C16H12Cl3F4N9S2.C8H14ClN5S2.C4ClF3N2.C4H2ClF2N3.2C2H7NS/c17-5-8(20)27-14(22)30-11(5)25-1-3-33-13-7(19)10(24)29-16(32-13)34-4-2-26-12-6(18)9(21)28-15(23)31-12;9-5-6(12)13-8(16-4-2-11)14-7(5)15-3-1-10;5-1-2(6)9-4(8)10-3(1)7;5-1-2(6)9-4(7)10-3(1)8;1-4-2-3;3-1-2-4/h1-4H2,(H2,24,29,32)(H,25,27,30)(H,26,28,31);1-4,10-11H2,(H2,12,13,14);;(H2,8,9,10);2-3H2,1H3;4H,1-3H2/i/hD3. The van der Waals surface area contributed by atoms with Gasteiger partial charge in [-0.2, -0.15) is 104 Å². The van der Waals surface area contributed by atoms with E-state index in [1.807, 2.05) is 6.26 Å². The van der Waals surface area contributed by atoms with E-state index in [0.717, 1.165) is 34.9 Å². The molecule has 0 aliphatic carbocycles. The summed E-state index contributed by atoms with van der Waals surface area (Å²) in [5.41, 5.74) is 26.8. The lowest BCUT2D eigenvalue weighted by Crippen LogP contribution is -2.10. The summed E-state index contributed by atoms with van der Waals surface area (Å²) in [5, 5.41) is 5.34. The average molecular weight is 1350 g/mol. The van der Waals surface area contributed by atoms with Gasteiger partial charge in [0.25, 0.3) is 0 Å². The number of thioether (sulfide) groups is 5. The van der Waals surface area contributed by atoms with Crippen LogP contribution in [0.15, 0.2) is 20.4 Å². The minimum absolute atomic E-state index is 0.0542. The van der Waals surface area contributed by atoms with E-state index in [4.69, 9.17) is 96.8 Å². The zero-order chi connectivity index (χ0) is 61.2. The Morgan fingerprint density at radius 2 is 0.756 bits per heavy atom. The molecule has 0 aromatic carbocycles. The molecule has 6 aromatic heterocycles. The molecule has 21 nitrogen and oxygen atoms in total. The minimum atomic E-state index is -1.47. The minimum Gasteiger partial charge on any atom is -0.382 e. The van der Waals surface area contributed by atoms with Crippen molar-refractivity contribution in [2.45, 2.75) is 20.4 Å². The maximum Gasteiger partial charge on any atom is 0.314 e. The number of hydrogen-bond acceptors (Lipinski definition) is 27. The molecule has 0 amide bonds. The predicted molar refractivity (Wildman–Crippen MR) is 299 cm³/mol. The number of anilines is 5. The van der Waals surface area contributed by atoms with Crippen LogP contribution >= 0.6 is 141 Å². The van der Waals surface area contributed by atoms with Crippen LogP contribution < -0.4 is 50.7 Å². The van der Waals surface area contributed by atoms with Gasteiger partial charge >= 0.3 is 24.3 Å². The predicted octanol–water partition coefficient (Wildman–Crippen LogP) is 8.06. The topological polar surface area (TPSA) is 361 Å². The maximum absolute atomic E-state index is 13.4. The molecule has 0 aliphatic rings. The van der Waals surface area contributed by atoms with Crippen LogP contribution in [-0.4, -0.2) is 133 Å². The summed E-state index contributed by atoms with van der Waals surface area (Å²) < 4.78 is 135. The van der Waals surface area contributed by atoms with E-state index in [2.05, 4.69) is 94.5 Å². The fraction of sp³-hybridized carbons (Fsp3) is 0.333. The molecule has 0 aliphatic heterocycles. The summed E-state index contributed by atoms with van der Waals surface area (Å²) in [7, 11) is 0. The van der Waals surface area contributed by atoms with Gasteiger partial charge in [-0.3, -0.25) is 0 Å². The van der Waals surface area contributed by atoms with Gasteiger partial charge in [-0.05, 0) is 6.26 Å². The number of thiol groups is 1. The Morgan fingerprint density at radius 1 is 0.436 bits per heavy atom. The quantitative estimate of drug-likeness (QED) is 0.00619. The van der Waals surface area contributed by atoms with Crippen molar-refractivity contribution >= 4 is 170 Å². The molecule has 0 bridgehead atoms. The maximum atomic E-state index is 13.4. The molecule has 0 saturated carbocycles. The third kappa shape index (κ3) is 27.3. The molecule has 0 atom stereocenters. The molecule has 0 fully saturated rings. The molecule has 6 aromatic rings. The number of aromatic nitrogens is 12. The number of nitrogen functional groups attached to an aromatic ring is 3. The van der Waals surface area contributed by atoms with E-state index >= 15 is 0 Å².